The number of para-hydroxylation sites is 1. The summed E-state index contributed by atoms with van der Waals surface area (Å²) in [7, 11) is 1.70. The zero-order valence-electron chi connectivity index (χ0n) is 12.3. The van der Waals surface area contributed by atoms with E-state index < -0.39 is 0 Å². The van der Waals surface area contributed by atoms with Gasteiger partial charge in [0.05, 0.1) is 7.11 Å². The van der Waals surface area contributed by atoms with Gasteiger partial charge in [-0.15, -0.1) is 0 Å². The van der Waals surface area contributed by atoms with Gasteiger partial charge in [0.25, 0.3) is 0 Å². The van der Waals surface area contributed by atoms with E-state index >= 15 is 0 Å². The Morgan fingerprint density at radius 3 is 2.75 bits per heavy atom. The van der Waals surface area contributed by atoms with E-state index in [-0.39, 0.29) is 0 Å². The fourth-order valence-electron chi connectivity index (χ4n) is 3.10. The Balaban J connectivity index is 2.00. The number of ether oxygens (including phenoxy) is 1. The maximum atomic E-state index is 5.44. The standard InChI is InChI=1S/C17H22N2O/c1-12-11-15(19-13-7-4-3-5-8-13)14-9-6-10-16(20-2)17(14)18-12/h6,9-11,13H,3-5,7-8H2,1-2H3,(H,18,19). The Morgan fingerprint density at radius 1 is 1.20 bits per heavy atom. The first kappa shape index (κ1) is 13.2. The molecule has 106 valence electrons. The van der Waals surface area contributed by atoms with Gasteiger partial charge in [-0.2, -0.15) is 0 Å². The van der Waals surface area contributed by atoms with Crippen LogP contribution < -0.4 is 10.1 Å². The number of benzene rings is 1. The number of aryl methyl sites for hydroxylation is 1. The predicted octanol–water partition coefficient (Wildman–Crippen LogP) is 4.30. The van der Waals surface area contributed by atoms with Crippen molar-refractivity contribution >= 4 is 16.6 Å². The predicted molar refractivity (Wildman–Crippen MR) is 83.5 cm³/mol. The molecule has 0 atom stereocenters. The Kier molecular flexibility index (Phi) is 3.77. The highest BCUT2D eigenvalue weighted by molar-refractivity contribution is 5.95. The molecule has 1 N–H and O–H groups in total. The summed E-state index contributed by atoms with van der Waals surface area (Å²) in [6.45, 7) is 2.04. The molecule has 1 aromatic carbocycles. The van der Waals surface area contributed by atoms with Crippen LogP contribution in [0.1, 0.15) is 37.8 Å². The lowest BCUT2D eigenvalue weighted by molar-refractivity contribution is 0.419. The number of fused-ring (bicyclic) bond motifs is 1. The number of nitrogens with one attached hydrogen (secondary N) is 1. The summed E-state index contributed by atoms with van der Waals surface area (Å²) in [6, 6.07) is 8.87. The molecule has 0 unspecified atom stereocenters. The number of hydrogen-bond acceptors (Lipinski definition) is 3. The second-order valence-electron chi connectivity index (χ2n) is 5.65. The van der Waals surface area contributed by atoms with Crippen LogP contribution in [0.25, 0.3) is 10.9 Å². The highest BCUT2D eigenvalue weighted by Crippen LogP contribution is 2.31. The van der Waals surface area contributed by atoms with E-state index in [1.165, 1.54) is 37.8 Å². The van der Waals surface area contributed by atoms with Gasteiger partial charge < -0.3 is 10.1 Å². The number of rotatable bonds is 3. The summed E-state index contributed by atoms with van der Waals surface area (Å²) in [5, 5.41) is 4.87. The summed E-state index contributed by atoms with van der Waals surface area (Å²) in [5.74, 6) is 0.845. The second-order valence-corrected chi connectivity index (χ2v) is 5.65. The molecule has 20 heavy (non-hydrogen) atoms. The van der Waals surface area contributed by atoms with Gasteiger partial charge in [-0.05, 0) is 31.9 Å². The third-order valence-corrected chi connectivity index (χ3v) is 4.12. The summed E-state index contributed by atoms with van der Waals surface area (Å²) in [5.41, 5.74) is 3.17. The van der Waals surface area contributed by atoms with Crippen LogP contribution in [0.15, 0.2) is 24.3 Å². The molecule has 3 nitrogen and oxygen atoms in total. The molecule has 0 aliphatic heterocycles. The first-order valence-electron chi connectivity index (χ1n) is 7.49. The molecular formula is C17H22N2O. The molecular weight excluding hydrogens is 248 g/mol. The maximum Gasteiger partial charge on any atom is 0.145 e. The van der Waals surface area contributed by atoms with Gasteiger partial charge in [-0.25, -0.2) is 4.98 Å². The number of pyridine rings is 1. The van der Waals surface area contributed by atoms with Gasteiger partial charge in [-0.3, -0.25) is 0 Å². The number of nitrogens with zero attached hydrogens (tertiary/aromatic N) is 1. The zero-order valence-corrected chi connectivity index (χ0v) is 12.3. The molecule has 1 aromatic heterocycles. The highest BCUT2D eigenvalue weighted by atomic mass is 16.5. The lowest BCUT2D eigenvalue weighted by Crippen LogP contribution is -2.22. The Labute approximate surface area is 120 Å². The highest BCUT2D eigenvalue weighted by Gasteiger charge is 2.15. The average Bonchev–Trinajstić information content (AvgIpc) is 2.47. The minimum Gasteiger partial charge on any atom is -0.494 e. The molecule has 0 bridgehead atoms. The second kappa shape index (κ2) is 5.70. The Bertz CT molecular complexity index is 603. The third-order valence-electron chi connectivity index (χ3n) is 4.12. The van der Waals surface area contributed by atoms with E-state index in [0.29, 0.717) is 6.04 Å². The van der Waals surface area contributed by atoms with Crippen LogP contribution in [0.5, 0.6) is 5.75 Å². The van der Waals surface area contributed by atoms with E-state index in [2.05, 4.69) is 22.4 Å². The normalized spacial score (nSPS) is 16.3. The van der Waals surface area contributed by atoms with Crippen molar-refractivity contribution in [3.63, 3.8) is 0 Å². The molecule has 0 radical (unpaired) electrons. The smallest absolute Gasteiger partial charge is 0.145 e. The van der Waals surface area contributed by atoms with Crippen molar-refractivity contribution in [3.05, 3.63) is 30.0 Å². The molecule has 3 heteroatoms. The number of methoxy groups -OCH3 is 1. The maximum absolute atomic E-state index is 5.44. The third kappa shape index (κ3) is 2.58. The lowest BCUT2D eigenvalue weighted by Gasteiger charge is -2.25. The molecule has 0 saturated heterocycles. The van der Waals surface area contributed by atoms with Gasteiger partial charge in [0, 0.05) is 22.8 Å². The topological polar surface area (TPSA) is 34.1 Å². The molecule has 3 rings (SSSR count). The number of anilines is 1. The fraction of sp³-hybridized carbons (Fsp3) is 0.471. The quantitative estimate of drug-likeness (QED) is 0.903. The average molecular weight is 270 g/mol. The Morgan fingerprint density at radius 2 is 2.00 bits per heavy atom. The largest absolute Gasteiger partial charge is 0.494 e. The van der Waals surface area contributed by atoms with Crippen LogP contribution >= 0.6 is 0 Å². The molecule has 0 amide bonds. The van der Waals surface area contributed by atoms with Crippen molar-refractivity contribution in [2.24, 2.45) is 0 Å². The van der Waals surface area contributed by atoms with Crippen LogP contribution in [-0.2, 0) is 0 Å². The summed E-state index contributed by atoms with van der Waals surface area (Å²) < 4.78 is 5.44. The van der Waals surface area contributed by atoms with Crippen LogP contribution in [0.4, 0.5) is 5.69 Å². The van der Waals surface area contributed by atoms with E-state index in [0.717, 1.165) is 22.3 Å². The van der Waals surface area contributed by atoms with E-state index in [1.54, 1.807) is 7.11 Å². The molecule has 1 saturated carbocycles. The van der Waals surface area contributed by atoms with Gasteiger partial charge in [0.15, 0.2) is 0 Å². The molecule has 1 fully saturated rings. The van der Waals surface area contributed by atoms with Crippen LogP contribution in [0.2, 0.25) is 0 Å². The molecule has 2 aromatic rings. The van der Waals surface area contributed by atoms with Crippen molar-refractivity contribution in [1.29, 1.82) is 0 Å². The van der Waals surface area contributed by atoms with Crippen molar-refractivity contribution in [2.45, 2.75) is 45.1 Å². The molecule has 1 aliphatic carbocycles. The minimum atomic E-state index is 0.597. The molecule has 1 heterocycles. The summed E-state index contributed by atoms with van der Waals surface area (Å²) in [6.07, 6.45) is 6.59. The zero-order chi connectivity index (χ0) is 13.9. The van der Waals surface area contributed by atoms with Gasteiger partial charge >= 0.3 is 0 Å². The fourth-order valence-corrected chi connectivity index (χ4v) is 3.10. The van der Waals surface area contributed by atoms with Crippen LogP contribution in [-0.4, -0.2) is 18.1 Å². The van der Waals surface area contributed by atoms with E-state index in [4.69, 9.17) is 4.74 Å². The van der Waals surface area contributed by atoms with Crippen LogP contribution in [0, 0.1) is 6.92 Å². The van der Waals surface area contributed by atoms with Crippen molar-refractivity contribution in [3.8, 4) is 5.75 Å². The van der Waals surface area contributed by atoms with Crippen molar-refractivity contribution in [1.82, 2.24) is 4.98 Å². The van der Waals surface area contributed by atoms with Gasteiger partial charge in [0.1, 0.15) is 11.3 Å². The SMILES string of the molecule is COc1cccc2c(NC3CCCCC3)cc(C)nc12. The monoisotopic (exact) mass is 270 g/mol. The van der Waals surface area contributed by atoms with Crippen molar-refractivity contribution < 1.29 is 4.74 Å². The summed E-state index contributed by atoms with van der Waals surface area (Å²) >= 11 is 0. The first-order chi connectivity index (χ1) is 9.78. The molecule has 1 aliphatic rings. The van der Waals surface area contributed by atoms with Gasteiger partial charge in [-0.1, -0.05) is 31.4 Å². The number of aromatic nitrogens is 1. The lowest BCUT2D eigenvalue weighted by atomic mass is 9.95. The minimum absolute atomic E-state index is 0.597. The van der Waals surface area contributed by atoms with E-state index in [9.17, 15) is 0 Å². The van der Waals surface area contributed by atoms with Gasteiger partial charge in [0.2, 0.25) is 0 Å². The van der Waals surface area contributed by atoms with E-state index in [1.807, 2.05) is 19.1 Å². The van der Waals surface area contributed by atoms with Crippen molar-refractivity contribution in [2.75, 3.05) is 12.4 Å². The molecule has 0 spiro atoms. The first-order valence-corrected chi connectivity index (χ1v) is 7.49. The Hall–Kier alpha value is -1.77. The summed E-state index contributed by atoms with van der Waals surface area (Å²) in [4.78, 5) is 4.64. The number of hydrogen-bond donors (Lipinski definition) is 1. The van der Waals surface area contributed by atoms with Crippen LogP contribution in [0.3, 0.4) is 0 Å².